The van der Waals surface area contributed by atoms with Crippen molar-refractivity contribution in [1.29, 1.82) is 0 Å². The quantitative estimate of drug-likeness (QED) is 0.762. The molecule has 9 heteroatoms. The maximum atomic E-state index is 12.6. The molecule has 0 saturated carbocycles. The van der Waals surface area contributed by atoms with Crippen LogP contribution in [0, 0.1) is 5.92 Å². The van der Waals surface area contributed by atoms with Gasteiger partial charge in [-0.2, -0.15) is 16.1 Å². The molecule has 0 aromatic carbocycles. The van der Waals surface area contributed by atoms with Gasteiger partial charge in [0.05, 0.1) is 3.79 Å². The maximum Gasteiger partial charge on any atom is 0.252 e. The first kappa shape index (κ1) is 18.7. The molecule has 5 nitrogen and oxygen atoms in total. The monoisotopic (exact) mass is 452 g/mol. The van der Waals surface area contributed by atoms with Crippen LogP contribution in [0.4, 0.5) is 0 Å². The number of thiophene rings is 1. The fraction of sp³-hybridized carbons (Fsp3) is 0.667. The van der Waals surface area contributed by atoms with E-state index in [4.69, 9.17) is 0 Å². The van der Waals surface area contributed by atoms with E-state index in [9.17, 15) is 13.2 Å². The SMILES string of the molecule is O=C(NC1CCSCC1)C1CCN(S(=O)(=O)c2ccc(Br)s2)CC1. The lowest BCUT2D eigenvalue weighted by Gasteiger charge is -2.31. The Balaban J connectivity index is 1.54. The lowest BCUT2D eigenvalue weighted by molar-refractivity contribution is -0.126. The molecule has 1 aromatic rings. The van der Waals surface area contributed by atoms with Gasteiger partial charge in [-0.05, 0) is 65.3 Å². The summed E-state index contributed by atoms with van der Waals surface area (Å²) in [5, 5.41) is 3.15. The number of nitrogens with one attached hydrogen (secondary N) is 1. The molecule has 24 heavy (non-hydrogen) atoms. The first-order chi connectivity index (χ1) is 11.5. The largest absolute Gasteiger partial charge is 0.353 e. The van der Waals surface area contributed by atoms with E-state index in [0.717, 1.165) is 28.1 Å². The summed E-state index contributed by atoms with van der Waals surface area (Å²) in [5.74, 6) is 2.25. The molecule has 1 amide bonds. The number of rotatable bonds is 4. The van der Waals surface area contributed by atoms with E-state index >= 15 is 0 Å². The van der Waals surface area contributed by atoms with Crippen molar-refractivity contribution in [2.75, 3.05) is 24.6 Å². The summed E-state index contributed by atoms with van der Waals surface area (Å²) < 4.78 is 27.9. The molecule has 2 fully saturated rings. The third kappa shape index (κ3) is 4.35. The van der Waals surface area contributed by atoms with Gasteiger partial charge in [-0.1, -0.05) is 0 Å². The third-order valence-corrected chi connectivity index (χ3v) is 9.57. The van der Waals surface area contributed by atoms with Crippen LogP contribution < -0.4 is 5.32 Å². The molecule has 3 heterocycles. The van der Waals surface area contributed by atoms with Gasteiger partial charge in [-0.3, -0.25) is 4.79 Å². The molecule has 2 aliphatic heterocycles. The second-order valence-corrected chi connectivity index (χ2v) is 12.0. The number of halogens is 1. The topological polar surface area (TPSA) is 66.5 Å². The average Bonchev–Trinajstić information content (AvgIpc) is 3.03. The van der Waals surface area contributed by atoms with Crippen molar-refractivity contribution in [3.63, 3.8) is 0 Å². The zero-order valence-corrected chi connectivity index (χ0v) is 17.3. The molecule has 0 aliphatic carbocycles. The summed E-state index contributed by atoms with van der Waals surface area (Å²) in [6.07, 6.45) is 3.27. The molecule has 1 aromatic heterocycles. The first-order valence-corrected chi connectivity index (χ1v) is 12.3. The molecule has 0 spiro atoms. The number of hydrogen-bond acceptors (Lipinski definition) is 5. The molecule has 2 saturated heterocycles. The summed E-state index contributed by atoms with van der Waals surface area (Å²) in [4.78, 5) is 12.4. The van der Waals surface area contributed by atoms with Crippen LogP contribution in [0.5, 0.6) is 0 Å². The molecule has 0 radical (unpaired) electrons. The standard InChI is InChI=1S/C15H21BrN2O3S3/c16-13-1-2-14(23-13)24(20,21)18-7-3-11(4-8-18)15(19)17-12-5-9-22-10-6-12/h1-2,11-12H,3-10H2,(H,17,19). The highest BCUT2D eigenvalue weighted by atomic mass is 79.9. The van der Waals surface area contributed by atoms with E-state index in [1.54, 1.807) is 12.1 Å². The first-order valence-electron chi connectivity index (χ1n) is 8.10. The van der Waals surface area contributed by atoms with Gasteiger partial charge in [0.2, 0.25) is 5.91 Å². The molecule has 0 bridgehead atoms. The zero-order chi connectivity index (χ0) is 17.2. The number of thioether (sulfide) groups is 1. The van der Waals surface area contributed by atoms with Crippen molar-refractivity contribution in [3.8, 4) is 0 Å². The number of carbonyl (C=O) groups is 1. The van der Waals surface area contributed by atoms with Gasteiger partial charge in [0, 0.05) is 25.0 Å². The Kier molecular flexibility index (Phi) is 6.29. The van der Waals surface area contributed by atoms with E-state index in [2.05, 4.69) is 21.2 Å². The van der Waals surface area contributed by atoms with E-state index in [1.807, 2.05) is 11.8 Å². The number of piperidine rings is 1. The predicted octanol–water partition coefficient (Wildman–Crippen LogP) is 2.92. The van der Waals surface area contributed by atoms with Crippen LogP contribution >= 0.6 is 39.0 Å². The van der Waals surface area contributed by atoms with Crippen LogP contribution in [0.1, 0.15) is 25.7 Å². The fourth-order valence-corrected chi connectivity index (χ4v) is 7.82. The van der Waals surface area contributed by atoms with Crippen molar-refractivity contribution in [3.05, 3.63) is 15.9 Å². The van der Waals surface area contributed by atoms with Crippen LogP contribution in [-0.2, 0) is 14.8 Å². The molecule has 3 rings (SSSR count). The van der Waals surface area contributed by atoms with Crippen LogP contribution in [0.15, 0.2) is 20.1 Å². The number of sulfonamides is 1. The Bertz CT molecular complexity index is 678. The molecule has 134 valence electrons. The van der Waals surface area contributed by atoms with Gasteiger partial charge in [0.1, 0.15) is 4.21 Å². The van der Waals surface area contributed by atoms with Crippen molar-refractivity contribution < 1.29 is 13.2 Å². The summed E-state index contributed by atoms with van der Waals surface area (Å²) >= 11 is 6.47. The lowest BCUT2D eigenvalue weighted by atomic mass is 9.96. The summed E-state index contributed by atoms with van der Waals surface area (Å²) in [6.45, 7) is 0.826. The van der Waals surface area contributed by atoms with Crippen molar-refractivity contribution in [2.45, 2.75) is 35.9 Å². The minimum Gasteiger partial charge on any atom is -0.353 e. The Morgan fingerprint density at radius 2 is 1.83 bits per heavy atom. The fourth-order valence-electron chi connectivity index (χ4n) is 3.08. The molecular formula is C15H21BrN2O3S3. The Hall–Kier alpha value is -0.0900. The summed E-state index contributed by atoms with van der Waals surface area (Å²) in [5.41, 5.74) is 0. The highest BCUT2D eigenvalue weighted by Gasteiger charge is 2.33. The van der Waals surface area contributed by atoms with Crippen molar-refractivity contribution in [2.24, 2.45) is 5.92 Å². The zero-order valence-electron chi connectivity index (χ0n) is 13.2. The molecular weight excluding hydrogens is 432 g/mol. The molecule has 1 N–H and O–H groups in total. The number of amides is 1. The second kappa shape index (κ2) is 8.07. The normalized spacial score (nSPS) is 21.7. The van der Waals surface area contributed by atoms with Crippen LogP contribution in [-0.4, -0.2) is 49.3 Å². The second-order valence-electron chi connectivity index (χ2n) is 6.13. The van der Waals surface area contributed by atoms with Gasteiger partial charge in [0.15, 0.2) is 0 Å². The van der Waals surface area contributed by atoms with Crippen molar-refractivity contribution in [1.82, 2.24) is 9.62 Å². The maximum absolute atomic E-state index is 12.6. The van der Waals surface area contributed by atoms with Gasteiger partial charge < -0.3 is 5.32 Å². The predicted molar refractivity (Wildman–Crippen MR) is 102 cm³/mol. The Labute approximate surface area is 159 Å². The third-order valence-electron chi connectivity index (χ3n) is 4.54. The van der Waals surface area contributed by atoms with Gasteiger partial charge in [0.25, 0.3) is 10.0 Å². The van der Waals surface area contributed by atoms with Crippen LogP contribution in [0.3, 0.4) is 0 Å². The van der Waals surface area contributed by atoms with E-state index in [-0.39, 0.29) is 11.8 Å². The number of nitrogens with zero attached hydrogens (tertiary/aromatic N) is 1. The molecule has 0 atom stereocenters. The van der Waals surface area contributed by atoms with Crippen LogP contribution in [0.25, 0.3) is 0 Å². The minimum absolute atomic E-state index is 0.0684. The van der Waals surface area contributed by atoms with Gasteiger partial charge >= 0.3 is 0 Å². The molecule has 0 unspecified atom stereocenters. The number of hydrogen-bond donors (Lipinski definition) is 1. The van der Waals surface area contributed by atoms with Crippen LogP contribution in [0.2, 0.25) is 0 Å². The summed E-state index contributed by atoms with van der Waals surface area (Å²) in [6, 6.07) is 3.67. The highest BCUT2D eigenvalue weighted by molar-refractivity contribution is 9.11. The summed E-state index contributed by atoms with van der Waals surface area (Å²) in [7, 11) is -3.43. The Morgan fingerprint density at radius 3 is 2.42 bits per heavy atom. The Morgan fingerprint density at radius 1 is 1.17 bits per heavy atom. The van der Waals surface area contributed by atoms with E-state index < -0.39 is 10.0 Å². The molecule has 2 aliphatic rings. The van der Waals surface area contributed by atoms with E-state index in [1.165, 1.54) is 15.6 Å². The highest BCUT2D eigenvalue weighted by Crippen LogP contribution is 2.31. The average molecular weight is 453 g/mol. The van der Waals surface area contributed by atoms with E-state index in [0.29, 0.717) is 36.2 Å². The van der Waals surface area contributed by atoms with Gasteiger partial charge in [-0.25, -0.2) is 8.42 Å². The van der Waals surface area contributed by atoms with Crippen molar-refractivity contribution >= 4 is 55.0 Å². The lowest BCUT2D eigenvalue weighted by Crippen LogP contribution is -2.46. The van der Waals surface area contributed by atoms with Gasteiger partial charge in [-0.15, -0.1) is 11.3 Å². The smallest absolute Gasteiger partial charge is 0.252 e. The minimum atomic E-state index is -3.43. The number of carbonyl (C=O) groups excluding carboxylic acids is 1.